The zero-order valence-corrected chi connectivity index (χ0v) is 45.2. The van der Waals surface area contributed by atoms with Gasteiger partial charge in [-0.2, -0.15) is 0 Å². The second-order valence-electron chi connectivity index (χ2n) is 17.1. The maximum atomic E-state index is 12.3. The van der Waals surface area contributed by atoms with Crippen molar-refractivity contribution in [2.24, 2.45) is 35.2 Å². The second-order valence-corrected chi connectivity index (χ2v) is 17.1. The number of nitrogens with one attached hydrogen (secondary N) is 9. The number of aryl methyl sites for hydroxylation is 5. The van der Waals surface area contributed by atoms with E-state index in [1.165, 1.54) is 27.9 Å². The molecular formula is C48H75N17O10. The van der Waals surface area contributed by atoms with E-state index in [0.29, 0.717) is 79.1 Å². The Hall–Kier alpha value is -8.30. The Morgan fingerprint density at radius 2 is 1.00 bits per heavy atom. The van der Waals surface area contributed by atoms with Crippen molar-refractivity contribution in [3.05, 3.63) is 72.0 Å². The molecule has 6 amide bonds. The molecule has 0 saturated heterocycles. The van der Waals surface area contributed by atoms with Gasteiger partial charge in [0.25, 0.3) is 11.8 Å². The van der Waals surface area contributed by atoms with E-state index < -0.39 is 23.5 Å². The van der Waals surface area contributed by atoms with Crippen LogP contribution in [0, 0.1) is 0 Å². The molecule has 412 valence electrons. The summed E-state index contributed by atoms with van der Waals surface area (Å²) in [6.45, 7) is 12.7. The largest absolute Gasteiger partial charge is 0.444 e. The number of rotatable bonds is 21. The first kappa shape index (κ1) is 64.7. The van der Waals surface area contributed by atoms with Crippen molar-refractivity contribution >= 4 is 83.8 Å². The fourth-order valence-corrected chi connectivity index (χ4v) is 5.80. The predicted molar refractivity (Wildman–Crippen MR) is 285 cm³/mol. The van der Waals surface area contributed by atoms with Gasteiger partial charge in [0, 0.05) is 98.7 Å². The van der Waals surface area contributed by atoms with Gasteiger partial charge in [0.2, 0.25) is 29.9 Å². The molecule has 0 aliphatic heterocycles. The normalized spacial score (nSPS) is 10.2. The lowest BCUT2D eigenvalue weighted by Crippen LogP contribution is -2.27. The number of imidazole rings is 3. The molecule has 9 N–H and O–H groups in total. The molecule has 75 heavy (non-hydrogen) atoms. The van der Waals surface area contributed by atoms with E-state index in [2.05, 4.69) is 69.7 Å². The van der Waals surface area contributed by atoms with Crippen molar-refractivity contribution in [1.82, 2.24) is 59.1 Å². The van der Waals surface area contributed by atoms with Gasteiger partial charge in [-0.25, -0.2) is 19.7 Å². The van der Waals surface area contributed by atoms with E-state index in [1.54, 1.807) is 107 Å². The Balaban J connectivity index is 0.000000505. The molecule has 0 radical (unpaired) electrons. The molecule has 5 aromatic rings. The first-order chi connectivity index (χ1) is 35.5. The van der Waals surface area contributed by atoms with Crippen molar-refractivity contribution in [2.75, 3.05) is 73.9 Å². The molecule has 5 rings (SSSR count). The number of nitrogens with zero attached hydrogens (tertiary/aromatic N) is 8. The first-order valence-corrected chi connectivity index (χ1v) is 23.6. The zero-order chi connectivity index (χ0) is 56.7. The van der Waals surface area contributed by atoms with Crippen LogP contribution in [0.1, 0.15) is 113 Å². The highest BCUT2D eigenvalue weighted by Crippen LogP contribution is 2.16. The number of hydrogen-bond donors (Lipinski definition) is 9. The molecular weight excluding hydrogens is 975 g/mol. The molecule has 27 heteroatoms. The Labute approximate surface area is 436 Å². The summed E-state index contributed by atoms with van der Waals surface area (Å²) >= 11 is 0. The lowest BCUT2D eigenvalue weighted by molar-refractivity contribution is -0.121. The van der Waals surface area contributed by atoms with Crippen molar-refractivity contribution in [1.29, 1.82) is 0 Å². The molecule has 0 atom stereocenters. The number of carbonyl (C=O) groups is 9. The van der Waals surface area contributed by atoms with Gasteiger partial charge in [-0.3, -0.25) is 43.7 Å². The Kier molecular flexibility index (Phi) is 29.5. The van der Waals surface area contributed by atoms with Crippen LogP contribution in [0.3, 0.4) is 0 Å². The van der Waals surface area contributed by atoms with E-state index in [0.717, 1.165) is 26.1 Å². The highest BCUT2D eigenvalue weighted by Gasteiger charge is 2.20. The Morgan fingerprint density at radius 3 is 1.40 bits per heavy atom. The van der Waals surface area contributed by atoms with E-state index in [9.17, 15) is 43.2 Å². The van der Waals surface area contributed by atoms with E-state index >= 15 is 0 Å². The van der Waals surface area contributed by atoms with Crippen molar-refractivity contribution in [3.63, 3.8) is 0 Å². The van der Waals surface area contributed by atoms with Gasteiger partial charge in [0.1, 0.15) is 5.60 Å². The third-order valence-corrected chi connectivity index (χ3v) is 9.40. The fraction of sp³-hybridized carbons (Fsp3) is 0.458. The van der Waals surface area contributed by atoms with Crippen molar-refractivity contribution < 1.29 is 47.9 Å². The summed E-state index contributed by atoms with van der Waals surface area (Å²) in [5.74, 6) is 0.527. The maximum Gasteiger partial charge on any atom is 0.413 e. The van der Waals surface area contributed by atoms with Gasteiger partial charge in [-0.05, 0) is 73.4 Å². The molecule has 0 saturated carbocycles. The van der Waals surface area contributed by atoms with E-state index in [1.807, 2.05) is 21.0 Å². The summed E-state index contributed by atoms with van der Waals surface area (Å²) < 4.78 is 12.9. The van der Waals surface area contributed by atoms with Crippen LogP contribution in [-0.2, 0) is 54.4 Å². The summed E-state index contributed by atoms with van der Waals surface area (Å²) in [5, 5.41) is 24.3. The highest BCUT2D eigenvalue weighted by molar-refractivity contribution is 6.03. The highest BCUT2D eigenvalue weighted by atomic mass is 16.6. The summed E-state index contributed by atoms with van der Waals surface area (Å²) in [4.78, 5) is 113. The van der Waals surface area contributed by atoms with E-state index in [4.69, 9.17) is 4.74 Å². The smallest absolute Gasteiger partial charge is 0.413 e. The quantitative estimate of drug-likeness (QED) is 0.0477. The predicted octanol–water partition coefficient (Wildman–Crippen LogP) is 3.08. The lowest BCUT2D eigenvalue weighted by atomic mass is 10.2. The van der Waals surface area contributed by atoms with Gasteiger partial charge in [-0.15, -0.1) is 0 Å². The van der Waals surface area contributed by atoms with Crippen LogP contribution in [0.25, 0.3) is 0 Å². The van der Waals surface area contributed by atoms with Crippen LogP contribution < -0.4 is 47.9 Å². The first-order valence-electron chi connectivity index (χ1n) is 23.6. The van der Waals surface area contributed by atoms with Crippen LogP contribution >= 0.6 is 0 Å². The number of hydrogen-bond acceptors (Lipinski definition) is 16. The van der Waals surface area contributed by atoms with Crippen molar-refractivity contribution in [3.8, 4) is 0 Å². The molecule has 0 aliphatic carbocycles. The molecule has 0 bridgehead atoms. The molecule has 5 aromatic heterocycles. The van der Waals surface area contributed by atoms with Gasteiger partial charge in [-0.1, -0.05) is 13.8 Å². The molecule has 0 unspecified atom stereocenters. The monoisotopic (exact) mass is 1050 g/mol. The minimum atomic E-state index is -0.656. The van der Waals surface area contributed by atoms with Crippen molar-refractivity contribution in [2.45, 2.75) is 65.9 Å². The number of ether oxygens (including phenoxy) is 1. The van der Waals surface area contributed by atoms with Crippen LogP contribution in [0.2, 0.25) is 0 Å². The van der Waals surface area contributed by atoms with Gasteiger partial charge < -0.3 is 70.1 Å². The Morgan fingerprint density at radius 1 is 0.547 bits per heavy atom. The molecule has 5 heterocycles. The molecule has 0 fully saturated rings. The molecule has 0 aliphatic rings. The third kappa shape index (κ3) is 24.8. The minimum Gasteiger partial charge on any atom is -0.444 e. The average molecular weight is 1050 g/mol. The third-order valence-electron chi connectivity index (χ3n) is 9.40. The van der Waals surface area contributed by atoms with Crippen LogP contribution in [0.4, 0.5) is 33.6 Å². The molecule has 0 spiro atoms. The number of anilines is 5. The average Bonchev–Trinajstić information content (AvgIpc) is 4.18. The lowest BCUT2D eigenvalue weighted by Gasteiger charge is -2.18. The maximum absolute atomic E-state index is 12.3. The Bertz CT molecular complexity index is 2600. The number of carbonyl (C=O) groups excluding carboxylic acids is 9. The zero-order valence-electron chi connectivity index (χ0n) is 45.2. The minimum absolute atomic E-state index is 0.0996. The van der Waals surface area contributed by atoms with Gasteiger partial charge in [0.15, 0.2) is 42.1 Å². The fourth-order valence-electron chi connectivity index (χ4n) is 5.80. The SMILES string of the molecule is CCCNC.CCCNC(=O)CCNC.CNCCC(=O)Nc1cn(C)c(C=O)n1.Cn1cc(NC(=O)c2nc(NC(=O)OC(C)(C)C)cn2C)cc1C=O.Cn1cc(NC(=O)c2nc(NC=O)cn2C)cc1C=O. The second kappa shape index (κ2) is 34.2. The van der Waals surface area contributed by atoms with Crippen LogP contribution in [0.15, 0.2) is 43.1 Å². The molecule has 0 aromatic carbocycles. The summed E-state index contributed by atoms with van der Waals surface area (Å²) in [6, 6.07) is 3.10. The number of aldehydes is 3. The summed E-state index contributed by atoms with van der Waals surface area (Å²) in [5.41, 5.74) is 1.21. The van der Waals surface area contributed by atoms with Crippen LogP contribution in [0.5, 0.6) is 0 Å². The summed E-state index contributed by atoms with van der Waals surface area (Å²) in [7, 11) is 13.9. The standard InChI is InChI=1S/C16H21N5O4.C12H13N5O3.C9H14N4O2.C7H16N2O.C4H11N/c1-16(2,3)25-15(24)19-12-8-21(5)13(18-12)14(23)17-10-6-11(9-22)20(4)7-10;1-16-4-8(3-9(16)6-18)14-12(20)11-15-10(13-7-19)5-17(11)2;1-10-4-3-9(15)12-7-5-13(2)8(6-14)11-7;1-3-5-9-7(10)4-6-8-2;1-3-4-5-2/h6-9H,1-5H3,(H,17,23)(H,19,24);3-7H,1-2H3,(H,13,19)(H,14,20);5-6,10H,3-4H2,1-2H3,(H,12,15);8H,3-6H2,1-2H3,(H,9,10);5H,3-4H2,1-2H3. The van der Waals surface area contributed by atoms with E-state index in [-0.39, 0.29) is 35.1 Å². The van der Waals surface area contributed by atoms with Gasteiger partial charge >= 0.3 is 6.09 Å². The number of aromatic nitrogens is 8. The van der Waals surface area contributed by atoms with Crippen LogP contribution in [-0.4, -0.2) is 146 Å². The van der Waals surface area contributed by atoms with Gasteiger partial charge in [0.05, 0.1) is 22.8 Å². The summed E-state index contributed by atoms with van der Waals surface area (Å²) in [6.07, 6.45) is 12.9. The molecule has 27 nitrogen and oxygen atoms in total. The topological polar surface area (TPSA) is 334 Å². The number of amides is 6.